The monoisotopic (exact) mass is 320 g/mol. The molecule has 1 unspecified atom stereocenters. The van der Waals surface area contributed by atoms with Gasteiger partial charge in [0.15, 0.2) is 0 Å². The topological polar surface area (TPSA) is 55.1 Å². The third-order valence-electron chi connectivity index (χ3n) is 2.68. The molecular formula is C13H18Cl2N2OS. The normalized spacial score (nSPS) is 12.2. The van der Waals surface area contributed by atoms with Crippen LogP contribution in [0.3, 0.4) is 0 Å². The molecule has 1 amide bonds. The van der Waals surface area contributed by atoms with Crippen LogP contribution in [0.15, 0.2) is 12.1 Å². The highest BCUT2D eigenvalue weighted by Crippen LogP contribution is 2.32. The number of carbonyl (C=O) groups is 1. The van der Waals surface area contributed by atoms with Crippen molar-refractivity contribution in [2.24, 2.45) is 5.92 Å². The third kappa shape index (κ3) is 5.51. The molecule has 1 aromatic carbocycles. The third-order valence-corrected chi connectivity index (χ3v) is 4.47. The first-order valence-corrected chi connectivity index (χ1v) is 7.97. The van der Waals surface area contributed by atoms with Gasteiger partial charge < -0.3 is 11.1 Å². The van der Waals surface area contributed by atoms with Crippen LogP contribution in [0, 0.1) is 5.92 Å². The van der Waals surface area contributed by atoms with E-state index in [4.69, 9.17) is 28.9 Å². The average molecular weight is 321 g/mol. The Bertz CT molecular complexity index is 431. The lowest BCUT2D eigenvalue weighted by molar-refractivity contribution is -0.113. The number of nitrogens with two attached hydrogens (primary N) is 1. The first-order chi connectivity index (χ1) is 8.93. The van der Waals surface area contributed by atoms with Gasteiger partial charge in [0.05, 0.1) is 22.2 Å². The highest BCUT2D eigenvalue weighted by Gasteiger charge is 2.11. The van der Waals surface area contributed by atoms with Gasteiger partial charge in [-0.15, -0.1) is 0 Å². The van der Waals surface area contributed by atoms with Crippen LogP contribution in [-0.2, 0) is 4.79 Å². The molecule has 3 nitrogen and oxygen atoms in total. The second kappa shape index (κ2) is 7.88. The Kier molecular flexibility index (Phi) is 6.83. The maximum Gasteiger partial charge on any atom is 0.234 e. The summed E-state index contributed by atoms with van der Waals surface area (Å²) in [7, 11) is 0. The molecule has 1 aromatic rings. The number of hydrogen-bond acceptors (Lipinski definition) is 3. The van der Waals surface area contributed by atoms with Crippen molar-refractivity contribution in [1.82, 2.24) is 0 Å². The zero-order valence-electron chi connectivity index (χ0n) is 11.0. The van der Waals surface area contributed by atoms with Crippen LogP contribution >= 0.6 is 35.0 Å². The van der Waals surface area contributed by atoms with Crippen molar-refractivity contribution in [3.05, 3.63) is 22.2 Å². The standard InChI is InChI=1S/C13H18Cl2N2OS/c1-3-8(2)6-19-7-12(18)17-13-10(15)4-9(14)5-11(13)16/h4-5,8H,3,6-7,16H2,1-2H3,(H,17,18). The Hall–Kier alpha value is -0.580. The summed E-state index contributed by atoms with van der Waals surface area (Å²) in [6.07, 6.45) is 1.12. The molecule has 0 bridgehead atoms. The largest absolute Gasteiger partial charge is 0.397 e. The van der Waals surface area contributed by atoms with Crippen molar-refractivity contribution in [1.29, 1.82) is 0 Å². The number of carbonyl (C=O) groups excluding carboxylic acids is 1. The molecule has 106 valence electrons. The van der Waals surface area contributed by atoms with Crippen molar-refractivity contribution in [3.8, 4) is 0 Å². The predicted molar refractivity (Wildman–Crippen MR) is 86.3 cm³/mol. The zero-order chi connectivity index (χ0) is 14.4. The van der Waals surface area contributed by atoms with E-state index in [9.17, 15) is 4.79 Å². The van der Waals surface area contributed by atoms with Gasteiger partial charge in [-0.1, -0.05) is 43.5 Å². The van der Waals surface area contributed by atoms with E-state index in [0.717, 1.165) is 12.2 Å². The smallest absolute Gasteiger partial charge is 0.234 e. The second-order valence-electron chi connectivity index (χ2n) is 4.43. The van der Waals surface area contributed by atoms with Crippen molar-refractivity contribution in [2.75, 3.05) is 22.6 Å². The molecule has 0 heterocycles. The summed E-state index contributed by atoms with van der Waals surface area (Å²) in [4.78, 5) is 11.8. The van der Waals surface area contributed by atoms with E-state index in [1.807, 2.05) is 0 Å². The number of rotatable bonds is 6. The van der Waals surface area contributed by atoms with Crippen LogP contribution in [0.5, 0.6) is 0 Å². The van der Waals surface area contributed by atoms with Crippen molar-refractivity contribution in [2.45, 2.75) is 20.3 Å². The van der Waals surface area contributed by atoms with Gasteiger partial charge in [0.25, 0.3) is 0 Å². The molecule has 6 heteroatoms. The van der Waals surface area contributed by atoms with E-state index in [0.29, 0.717) is 33.1 Å². The quantitative estimate of drug-likeness (QED) is 0.768. The average Bonchev–Trinajstić information content (AvgIpc) is 2.33. The van der Waals surface area contributed by atoms with Gasteiger partial charge in [-0.25, -0.2) is 0 Å². The first-order valence-electron chi connectivity index (χ1n) is 6.06. The van der Waals surface area contributed by atoms with Crippen molar-refractivity contribution in [3.63, 3.8) is 0 Å². The van der Waals surface area contributed by atoms with Crippen LogP contribution in [0.4, 0.5) is 11.4 Å². The minimum atomic E-state index is -0.107. The molecule has 3 N–H and O–H groups in total. The fraction of sp³-hybridized carbons (Fsp3) is 0.462. The van der Waals surface area contributed by atoms with E-state index >= 15 is 0 Å². The number of benzene rings is 1. The van der Waals surface area contributed by atoms with Gasteiger partial charge >= 0.3 is 0 Å². The Morgan fingerprint density at radius 3 is 2.74 bits per heavy atom. The summed E-state index contributed by atoms with van der Waals surface area (Å²) in [5, 5.41) is 3.52. The SMILES string of the molecule is CCC(C)CSCC(=O)Nc1c(N)cc(Cl)cc1Cl. The molecule has 0 aliphatic rings. The maximum atomic E-state index is 11.8. The fourth-order valence-electron chi connectivity index (χ4n) is 1.37. The summed E-state index contributed by atoms with van der Waals surface area (Å²) >= 11 is 13.4. The van der Waals surface area contributed by atoms with E-state index in [2.05, 4.69) is 19.2 Å². The number of thioether (sulfide) groups is 1. The van der Waals surface area contributed by atoms with Gasteiger partial charge in [0.2, 0.25) is 5.91 Å². The van der Waals surface area contributed by atoms with E-state index in [1.54, 1.807) is 23.9 Å². The Morgan fingerprint density at radius 1 is 1.47 bits per heavy atom. The molecule has 0 aliphatic carbocycles. The number of halogens is 2. The number of nitrogen functional groups attached to an aromatic ring is 1. The molecule has 0 saturated heterocycles. The molecular weight excluding hydrogens is 303 g/mol. The second-order valence-corrected chi connectivity index (χ2v) is 6.30. The summed E-state index contributed by atoms with van der Waals surface area (Å²) < 4.78 is 0. The van der Waals surface area contributed by atoms with Crippen LogP contribution in [0.2, 0.25) is 10.0 Å². The van der Waals surface area contributed by atoms with Gasteiger partial charge in [-0.05, 0) is 23.8 Å². The Balaban J connectivity index is 2.53. The van der Waals surface area contributed by atoms with Gasteiger partial charge in [-0.3, -0.25) is 4.79 Å². The van der Waals surface area contributed by atoms with Crippen molar-refractivity contribution < 1.29 is 4.79 Å². The lowest BCUT2D eigenvalue weighted by Crippen LogP contribution is -2.16. The van der Waals surface area contributed by atoms with E-state index < -0.39 is 0 Å². The summed E-state index contributed by atoms with van der Waals surface area (Å²) in [6.45, 7) is 4.30. The lowest BCUT2D eigenvalue weighted by Gasteiger charge is -2.11. The molecule has 1 atom stereocenters. The number of nitrogens with one attached hydrogen (secondary N) is 1. The van der Waals surface area contributed by atoms with Crippen LogP contribution in [0.1, 0.15) is 20.3 Å². The molecule has 0 aliphatic heterocycles. The zero-order valence-corrected chi connectivity index (χ0v) is 13.3. The fourth-order valence-corrected chi connectivity index (χ4v) is 2.94. The molecule has 0 fully saturated rings. The van der Waals surface area contributed by atoms with Gasteiger partial charge in [0.1, 0.15) is 0 Å². The highest BCUT2D eigenvalue weighted by molar-refractivity contribution is 7.99. The molecule has 0 aromatic heterocycles. The first kappa shape index (κ1) is 16.5. The lowest BCUT2D eigenvalue weighted by atomic mass is 10.2. The summed E-state index contributed by atoms with van der Waals surface area (Å²) in [5.74, 6) is 1.86. The number of anilines is 2. The van der Waals surface area contributed by atoms with E-state index in [-0.39, 0.29) is 5.91 Å². The molecule has 19 heavy (non-hydrogen) atoms. The van der Waals surface area contributed by atoms with Crippen LogP contribution < -0.4 is 11.1 Å². The predicted octanol–water partition coefficient (Wildman–Crippen LogP) is 4.29. The highest BCUT2D eigenvalue weighted by atomic mass is 35.5. The molecule has 0 saturated carbocycles. The molecule has 0 spiro atoms. The van der Waals surface area contributed by atoms with Crippen molar-refractivity contribution >= 4 is 52.2 Å². The summed E-state index contributed by atoms with van der Waals surface area (Å²) in [6, 6.07) is 3.12. The minimum absolute atomic E-state index is 0.107. The maximum absolute atomic E-state index is 11.8. The summed E-state index contributed by atoms with van der Waals surface area (Å²) in [5.41, 5.74) is 6.58. The minimum Gasteiger partial charge on any atom is -0.397 e. The Labute approximate surface area is 128 Å². The Morgan fingerprint density at radius 2 is 2.16 bits per heavy atom. The van der Waals surface area contributed by atoms with Gasteiger partial charge in [-0.2, -0.15) is 11.8 Å². The number of hydrogen-bond donors (Lipinski definition) is 2. The van der Waals surface area contributed by atoms with Crippen LogP contribution in [-0.4, -0.2) is 17.4 Å². The van der Waals surface area contributed by atoms with E-state index in [1.165, 1.54) is 0 Å². The molecule has 1 rings (SSSR count). The van der Waals surface area contributed by atoms with Crippen LogP contribution in [0.25, 0.3) is 0 Å². The van der Waals surface area contributed by atoms with Gasteiger partial charge in [0, 0.05) is 5.02 Å². The molecule has 0 radical (unpaired) electrons. The number of amides is 1.